The van der Waals surface area contributed by atoms with Crippen LogP contribution in [0.4, 0.5) is 10.5 Å². The Kier molecular flexibility index (Phi) is 5.73. The summed E-state index contributed by atoms with van der Waals surface area (Å²) in [6, 6.07) is 18.0. The van der Waals surface area contributed by atoms with Crippen LogP contribution in [-0.4, -0.2) is 24.6 Å². The Balaban J connectivity index is 1.92. The van der Waals surface area contributed by atoms with Crippen molar-refractivity contribution in [3.63, 3.8) is 0 Å². The first-order valence-electron chi connectivity index (χ1n) is 9.23. The van der Waals surface area contributed by atoms with Gasteiger partial charge in [0.25, 0.3) is 5.91 Å². The summed E-state index contributed by atoms with van der Waals surface area (Å²) in [6.07, 6.45) is -0.619. The molecule has 0 aliphatic rings. The normalized spacial score (nSPS) is 11.0. The van der Waals surface area contributed by atoms with Gasteiger partial charge < -0.3 is 20.1 Å². The van der Waals surface area contributed by atoms with Gasteiger partial charge in [0, 0.05) is 11.2 Å². The first-order valence-corrected chi connectivity index (χ1v) is 9.23. The molecule has 0 bridgehead atoms. The molecule has 150 valence electrons. The smallest absolute Gasteiger partial charge is 0.413 e. The monoisotopic (exact) mass is 392 g/mol. The van der Waals surface area contributed by atoms with E-state index in [1.165, 1.54) is 0 Å². The summed E-state index contributed by atoms with van der Waals surface area (Å²) >= 11 is 0. The Bertz CT molecular complexity index is 1040. The van der Waals surface area contributed by atoms with Crippen LogP contribution in [0.25, 0.3) is 10.8 Å². The summed E-state index contributed by atoms with van der Waals surface area (Å²) in [6.45, 7) is 5.56. The van der Waals surface area contributed by atoms with Crippen LogP contribution in [-0.2, 0) is 0 Å². The molecule has 0 saturated carbocycles. The van der Waals surface area contributed by atoms with Gasteiger partial charge in [-0.2, -0.15) is 0 Å². The number of fused-ring (bicyclic) bond motifs is 1. The molecule has 0 aromatic heterocycles. The van der Waals surface area contributed by atoms with Crippen molar-refractivity contribution in [3.8, 4) is 11.5 Å². The molecule has 0 atom stereocenters. The van der Waals surface area contributed by atoms with Gasteiger partial charge in [-0.15, -0.1) is 0 Å². The summed E-state index contributed by atoms with van der Waals surface area (Å²) in [7, 11) is 1.58. The predicted octanol–water partition coefficient (Wildman–Crippen LogP) is 4.99. The highest BCUT2D eigenvalue weighted by molar-refractivity contribution is 6.09. The molecule has 0 aliphatic heterocycles. The van der Waals surface area contributed by atoms with E-state index in [1.54, 1.807) is 43.5 Å². The van der Waals surface area contributed by atoms with Gasteiger partial charge in [-0.1, -0.05) is 24.3 Å². The first kappa shape index (κ1) is 20.2. The van der Waals surface area contributed by atoms with Gasteiger partial charge in [-0.05, 0) is 67.9 Å². The van der Waals surface area contributed by atoms with E-state index in [-0.39, 0.29) is 17.2 Å². The van der Waals surface area contributed by atoms with Crippen molar-refractivity contribution in [3.05, 3.63) is 66.2 Å². The van der Waals surface area contributed by atoms with Gasteiger partial charge in [0.2, 0.25) is 0 Å². The number of methoxy groups -OCH3 is 1. The number of ether oxygens (including phenoxy) is 2. The van der Waals surface area contributed by atoms with Crippen molar-refractivity contribution in [1.29, 1.82) is 0 Å². The predicted molar refractivity (Wildman–Crippen MR) is 114 cm³/mol. The largest absolute Gasteiger partial charge is 0.497 e. The standard InChI is InChI=1S/C23H24N2O4/c1-23(2,3)25-22(27)29-20-14-16-8-6-5-7-15(16)13-19(20)21(26)24-17-9-11-18(28-4)12-10-17/h5-14H,1-4H3,(H,24,26)(H,25,27). The second kappa shape index (κ2) is 8.22. The molecule has 0 saturated heterocycles. The lowest BCUT2D eigenvalue weighted by Gasteiger charge is -2.20. The summed E-state index contributed by atoms with van der Waals surface area (Å²) in [5.74, 6) is 0.507. The molecule has 6 heteroatoms. The average Bonchev–Trinajstić information content (AvgIpc) is 2.66. The minimum atomic E-state index is -0.619. The summed E-state index contributed by atoms with van der Waals surface area (Å²) in [5.41, 5.74) is 0.414. The van der Waals surface area contributed by atoms with Crippen LogP contribution < -0.4 is 20.1 Å². The summed E-state index contributed by atoms with van der Waals surface area (Å²) in [5, 5.41) is 7.31. The molecule has 3 aromatic carbocycles. The van der Waals surface area contributed by atoms with Gasteiger partial charge in [0.15, 0.2) is 0 Å². The Hall–Kier alpha value is -3.54. The second-order valence-electron chi connectivity index (χ2n) is 7.64. The van der Waals surface area contributed by atoms with E-state index in [4.69, 9.17) is 9.47 Å². The van der Waals surface area contributed by atoms with E-state index >= 15 is 0 Å². The third kappa shape index (κ3) is 5.25. The van der Waals surface area contributed by atoms with Crippen LogP contribution in [0.3, 0.4) is 0 Å². The molecule has 0 heterocycles. The molecule has 3 aromatic rings. The lowest BCUT2D eigenvalue weighted by Crippen LogP contribution is -2.42. The maximum atomic E-state index is 12.9. The zero-order valence-electron chi connectivity index (χ0n) is 16.9. The van der Waals surface area contributed by atoms with Crippen molar-refractivity contribution < 1.29 is 19.1 Å². The Morgan fingerprint density at radius 2 is 1.52 bits per heavy atom. The maximum absolute atomic E-state index is 12.9. The van der Waals surface area contributed by atoms with Crippen molar-refractivity contribution in [2.45, 2.75) is 26.3 Å². The molecular formula is C23H24N2O4. The van der Waals surface area contributed by atoms with E-state index in [1.807, 2.05) is 45.0 Å². The summed E-state index contributed by atoms with van der Waals surface area (Å²) < 4.78 is 10.6. The highest BCUT2D eigenvalue weighted by Crippen LogP contribution is 2.28. The number of carbonyl (C=O) groups excluding carboxylic acids is 2. The van der Waals surface area contributed by atoms with E-state index in [2.05, 4.69) is 10.6 Å². The van der Waals surface area contributed by atoms with Crippen LogP contribution in [0, 0.1) is 0 Å². The van der Waals surface area contributed by atoms with E-state index in [9.17, 15) is 9.59 Å². The van der Waals surface area contributed by atoms with Crippen molar-refractivity contribution in [1.82, 2.24) is 5.32 Å². The van der Waals surface area contributed by atoms with E-state index in [0.717, 1.165) is 10.8 Å². The van der Waals surface area contributed by atoms with Gasteiger partial charge in [0.05, 0.1) is 12.7 Å². The molecule has 0 radical (unpaired) electrons. The number of rotatable bonds is 4. The number of amides is 2. The molecule has 0 aliphatic carbocycles. The molecule has 0 unspecified atom stereocenters. The number of carbonyl (C=O) groups is 2. The summed E-state index contributed by atoms with van der Waals surface area (Å²) in [4.78, 5) is 25.2. The van der Waals surface area contributed by atoms with Gasteiger partial charge >= 0.3 is 6.09 Å². The van der Waals surface area contributed by atoms with Gasteiger partial charge in [-0.25, -0.2) is 4.79 Å². The molecule has 29 heavy (non-hydrogen) atoms. The van der Waals surface area contributed by atoms with Crippen LogP contribution in [0.2, 0.25) is 0 Å². The fourth-order valence-electron chi connectivity index (χ4n) is 2.79. The molecule has 0 fully saturated rings. The Labute approximate surface area is 169 Å². The van der Waals surface area contributed by atoms with Gasteiger partial charge in [0.1, 0.15) is 11.5 Å². The third-order valence-electron chi connectivity index (χ3n) is 4.12. The zero-order valence-corrected chi connectivity index (χ0v) is 16.9. The van der Waals surface area contributed by atoms with Crippen LogP contribution in [0.15, 0.2) is 60.7 Å². The Morgan fingerprint density at radius 1 is 0.897 bits per heavy atom. The number of hydrogen-bond acceptors (Lipinski definition) is 4. The number of benzene rings is 3. The number of anilines is 1. The minimum Gasteiger partial charge on any atom is -0.497 e. The van der Waals surface area contributed by atoms with Crippen LogP contribution in [0.5, 0.6) is 11.5 Å². The van der Waals surface area contributed by atoms with Crippen LogP contribution in [0.1, 0.15) is 31.1 Å². The highest BCUT2D eigenvalue weighted by atomic mass is 16.6. The second-order valence-corrected chi connectivity index (χ2v) is 7.64. The van der Waals surface area contributed by atoms with E-state index < -0.39 is 11.6 Å². The molecule has 0 spiro atoms. The topological polar surface area (TPSA) is 76.7 Å². The third-order valence-corrected chi connectivity index (χ3v) is 4.12. The first-order chi connectivity index (χ1) is 13.7. The zero-order chi connectivity index (χ0) is 21.0. The fraction of sp³-hybridized carbons (Fsp3) is 0.217. The number of hydrogen-bond donors (Lipinski definition) is 2. The molecule has 2 amide bonds. The average molecular weight is 392 g/mol. The Morgan fingerprint density at radius 3 is 2.10 bits per heavy atom. The van der Waals surface area contributed by atoms with Crippen molar-refractivity contribution in [2.75, 3.05) is 12.4 Å². The fourth-order valence-corrected chi connectivity index (χ4v) is 2.79. The SMILES string of the molecule is COc1ccc(NC(=O)c2cc3ccccc3cc2OC(=O)NC(C)(C)C)cc1. The molecule has 2 N–H and O–H groups in total. The maximum Gasteiger partial charge on any atom is 0.413 e. The minimum absolute atomic E-state index is 0.191. The van der Waals surface area contributed by atoms with Crippen molar-refractivity contribution in [2.24, 2.45) is 0 Å². The van der Waals surface area contributed by atoms with Gasteiger partial charge in [-0.3, -0.25) is 4.79 Å². The lowest BCUT2D eigenvalue weighted by molar-refractivity contribution is 0.102. The molecular weight excluding hydrogens is 368 g/mol. The quantitative estimate of drug-likeness (QED) is 0.656. The number of nitrogens with one attached hydrogen (secondary N) is 2. The molecule has 6 nitrogen and oxygen atoms in total. The highest BCUT2D eigenvalue weighted by Gasteiger charge is 2.20. The molecule has 3 rings (SSSR count). The van der Waals surface area contributed by atoms with Crippen molar-refractivity contribution >= 4 is 28.5 Å². The van der Waals surface area contributed by atoms with Crippen LogP contribution >= 0.6 is 0 Å². The lowest BCUT2D eigenvalue weighted by atomic mass is 10.1. The van der Waals surface area contributed by atoms with E-state index in [0.29, 0.717) is 11.4 Å².